The lowest BCUT2D eigenvalue weighted by atomic mass is 10.2. The first kappa shape index (κ1) is 19.5. The molecule has 0 bridgehead atoms. The van der Waals surface area contributed by atoms with Crippen molar-refractivity contribution in [3.05, 3.63) is 53.5 Å². The Morgan fingerprint density at radius 2 is 1.78 bits per heavy atom. The molecule has 7 heteroatoms. The number of carbonyl (C=O) groups excluding carboxylic acids is 1. The average Bonchev–Trinajstić information content (AvgIpc) is 3.12. The van der Waals surface area contributed by atoms with Gasteiger partial charge in [-0.05, 0) is 23.6 Å². The molecule has 0 unspecified atom stereocenters. The average molecular weight is 374 g/mol. The molecule has 0 aliphatic carbocycles. The minimum Gasteiger partial charge on any atom is -0.447 e. The number of halogens is 1. The Hall–Kier alpha value is -2.25. The van der Waals surface area contributed by atoms with Gasteiger partial charge < -0.3 is 9.73 Å². The first-order valence-corrected chi connectivity index (χ1v) is 9.41. The molecule has 0 spiro atoms. The van der Waals surface area contributed by atoms with Crippen molar-refractivity contribution in [1.29, 1.82) is 0 Å². The first-order valence-electron chi connectivity index (χ1n) is 9.41. The molecule has 2 aromatic rings. The van der Waals surface area contributed by atoms with E-state index in [2.05, 4.69) is 20.1 Å². The molecule has 0 atom stereocenters. The van der Waals surface area contributed by atoms with Crippen LogP contribution in [-0.4, -0.2) is 53.4 Å². The Morgan fingerprint density at radius 3 is 2.41 bits per heavy atom. The largest absolute Gasteiger partial charge is 0.447 e. The highest BCUT2D eigenvalue weighted by Gasteiger charge is 2.20. The van der Waals surface area contributed by atoms with E-state index in [-0.39, 0.29) is 11.7 Å². The molecular weight excluding hydrogens is 347 g/mol. The summed E-state index contributed by atoms with van der Waals surface area (Å²) >= 11 is 0. The monoisotopic (exact) mass is 374 g/mol. The SMILES string of the molecule is CC(C)CNC(=O)c1coc(CN2CCN(Cc3ccc(F)cc3)CC2)n1. The van der Waals surface area contributed by atoms with Gasteiger partial charge in [0.2, 0.25) is 5.89 Å². The van der Waals surface area contributed by atoms with Crippen molar-refractivity contribution >= 4 is 5.91 Å². The number of hydrogen-bond donors (Lipinski definition) is 1. The fourth-order valence-corrected chi connectivity index (χ4v) is 3.02. The molecule has 1 aliphatic rings. The van der Waals surface area contributed by atoms with Gasteiger partial charge in [0, 0.05) is 39.3 Å². The van der Waals surface area contributed by atoms with E-state index in [0.717, 1.165) is 38.3 Å². The van der Waals surface area contributed by atoms with Gasteiger partial charge in [0.05, 0.1) is 6.54 Å². The second kappa shape index (κ2) is 9.10. The van der Waals surface area contributed by atoms with Crippen LogP contribution in [0.2, 0.25) is 0 Å². The maximum atomic E-state index is 13.0. The lowest BCUT2D eigenvalue weighted by molar-refractivity contribution is 0.0943. The van der Waals surface area contributed by atoms with Crippen LogP contribution >= 0.6 is 0 Å². The number of benzene rings is 1. The summed E-state index contributed by atoms with van der Waals surface area (Å²) in [4.78, 5) is 20.9. The number of rotatable bonds is 7. The zero-order chi connectivity index (χ0) is 19.2. The zero-order valence-electron chi connectivity index (χ0n) is 15.9. The van der Waals surface area contributed by atoms with Gasteiger partial charge in [0.25, 0.3) is 5.91 Å². The predicted molar refractivity (Wildman–Crippen MR) is 101 cm³/mol. The third kappa shape index (κ3) is 5.87. The van der Waals surface area contributed by atoms with E-state index in [0.29, 0.717) is 30.6 Å². The van der Waals surface area contributed by atoms with Crippen molar-refractivity contribution in [2.75, 3.05) is 32.7 Å². The van der Waals surface area contributed by atoms with Gasteiger partial charge in [-0.1, -0.05) is 26.0 Å². The lowest BCUT2D eigenvalue weighted by Gasteiger charge is -2.34. The van der Waals surface area contributed by atoms with Gasteiger partial charge in [-0.2, -0.15) is 0 Å². The number of oxazole rings is 1. The zero-order valence-corrected chi connectivity index (χ0v) is 15.9. The molecule has 1 amide bonds. The number of piperazine rings is 1. The van der Waals surface area contributed by atoms with E-state index in [4.69, 9.17) is 4.42 Å². The summed E-state index contributed by atoms with van der Waals surface area (Å²) in [6.07, 6.45) is 1.43. The molecule has 3 rings (SSSR count). The maximum absolute atomic E-state index is 13.0. The number of nitrogens with zero attached hydrogens (tertiary/aromatic N) is 3. The highest BCUT2D eigenvalue weighted by atomic mass is 19.1. The lowest BCUT2D eigenvalue weighted by Crippen LogP contribution is -2.45. The molecule has 1 N–H and O–H groups in total. The normalized spacial score (nSPS) is 16.0. The number of carbonyl (C=O) groups is 1. The molecule has 146 valence electrons. The summed E-state index contributed by atoms with van der Waals surface area (Å²) in [7, 11) is 0. The van der Waals surface area contributed by atoms with Gasteiger partial charge >= 0.3 is 0 Å². The van der Waals surface area contributed by atoms with Crippen LogP contribution in [-0.2, 0) is 13.1 Å². The topological polar surface area (TPSA) is 61.6 Å². The van der Waals surface area contributed by atoms with Crippen LogP contribution in [0, 0.1) is 11.7 Å². The maximum Gasteiger partial charge on any atom is 0.273 e. The minimum atomic E-state index is -0.202. The Kier molecular flexibility index (Phi) is 6.58. The first-order chi connectivity index (χ1) is 13.0. The van der Waals surface area contributed by atoms with Crippen LogP contribution in [0.15, 0.2) is 34.9 Å². The van der Waals surface area contributed by atoms with Crippen LogP contribution in [0.5, 0.6) is 0 Å². The van der Waals surface area contributed by atoms with Crippen molar-refractivity contribution in [3.8, 4) is 0 Å². The highest BCUT2D eigenvalue weighted by Crippen LogP contribution is 2.12. The van der Waals surface area contributed by atoms with Crippen LogP contribution in [0.3, 0.4) is 0 Å². The van der Waals surface area contributed by atoms with E-state index in [1.54, 1.807) is 0 Å². The van der Waals surface area contributed by atoms with Crippen LogP contribution in [0.4, 0.5) is 4.39 Å². The third-order valence-electron chi connectivity index (χ3n) is 4.60. The van der Waals surface area contributed by atoms with Crippen LogP contribution in [0.1, 0.15) is 35.8 Å². The van der Waals surface area contributed by atoms with Crippen molar-refractivity contribution in [2.24, 2.45) is 5.92 Å². The fraction of sp³-hybridized carbons (Fsp3) is 0.500. The fourth-order valence-electron chi connectivity index (χ4n) is 3.02. The molecule has 6 nitrogen and oxygen atoms in total. The van der Waals surface area contributed by atoms with Gasteiger partial charge in [0.15, 0.2) is 5.69 Å². The minimum absolute atomic E-state index is 0.192. The Balaban J connectivity index is 1.44. The molecule has 0 radical (unpaired) electrons. The number of nitrogens with one attached hydrogen (secondary N) is 1. The smallest absolute Gasteiger partial charge is 0.273 e. The molecule has 1 aromatic carbocycles. The van der Waals surface area contributed by atoms with Crippen LogP contribution in [0.25, 0.3) is 0 Å². The van der Waals surface area contributed by atoms with Gasteiger partial charge in [-0.15, -0.1) is 0 Å². The van der Waals surface area contributed by atoms with E-state index in [1.165, 1.54) is 18.4 Å². The molecule has 1 aliphatic heterocycles. The van der Waals surface area contributed by atoms with Gasteiger partial charge in [0.1, 0.15) is 12.1 Å². The molecule has 1 aromatic heterocycles. The number of aromatic nitrogens is 1. The van der Waals surface area contributed by atoms with Gasteiger partial charge in [-0.25, -0.2) is 9.37 Å². The quantitative estimate of drug-likeness (QED) is 0.807. The van der Waals surface area contributed by atoms with Crippen molar-refractivity contribution in [1.82, 2.24) is 20.1 Å². The highest BCUT2D eigenvalue weighted by molar-refractivity contribution is 5.91. The van der Waals surface area contributed by atoms with Crippen molar-refractivity contribution in [2.45, 2.75) is 26.9 Å². The Labute approximate surface area is 159 Å². The molecule has 27 heavy (non-hydrogen) atoms. The summed E-state index contributed by atoms with van der Waals surface area (Å²) in [6.45, 7) is 9.80. The van der Waals surface area contributed by atoms with E-state index >= 15 is 0 Å². The summed E-state index contributed by atoms with van der Waals surface area (Å²) < 4.78 is 18.5. The van der Waals surface area contributed by atoms with E-state index in [1.807, 2.05) is 26.0 Å². The van der Waals surface area contributed by atoms with Crippen molar-refractivity contribution in [3.63, 3.8) is 0 Å². The summed E-state index contributed by atoms with van der Waals surface area (Å²) in [5, 5.41) is 2.84. The molecule has 2 heterocycles. The Morgan fingerprint density at radius 1 is 1.15 bits per heavy atom. The summed E-state index contributed by atoms with van der Waals surface area (Å²) in [6, 6.07) is 6.67. The standard InChI is InChI=1S/C20H27FN4O2/c1-15(2)11-22-20(26)18-14-27-19(23-18)13-25-9-7-24(8-10-25)12-16-3-5-17(21)6-4-16/h3-6,14-15H,7-13H2,1-2H3,(H,22,26). The van der Waals surface area contributed by atoms with E-state index < -0.39 is 0 Å². The number of amides is 1. The van der Waals surface area contributed by atoms with E-state index in [9.17, 15) is 9.18 Å². The molecule has 1 fully saturated rings. The summed E-state index contributed by atoms with van der Waals surface area (Å²) in [5.41, 5.74) is 1.45. The Bertz CT molecular complexity index is 737. The molecule has 1 saturated heterocycles. The second-order valence-electron chi connectivity index (χ2n) is 7.41. The second-order valence-corrected chi connectivity index (χ2v) is 7.41. The molecule has 0 saturated carbocycles. The summed E-state index contributed by atoms with van der Waals surface area (Å²) in [5.74, 6) is 0.567. The number of hydrogen-bond acceptors (Lipinski definition) is 5. The van der Waals surface area contributed by atoms with Crippen molar-refractivity contribution < 1.29 is 13.6 Å². The molecular formula is C20H27FN4O2. The predicted octanol–water partition coefficient (Wildman–Crippen LogP) is 2.52. The third-order valence-corrected chi connectivity index (χ3v) is 4.60. The van der Waals surface area contributed by atoms with Gasteiger partial charge in [-0.3, -0.25) is 14.6 Å². The van der Waals surface area contributed by atoms with Crippen LogP contribution < -0.4 is 5.32 Å².